The Morgan fingerprint density at radius 3 is 2.36 bits per heavy atom. The average molecular weight is 486 g/mol. The zero-order chi connectivity index (χ0) is 18.2. The smallest absolute Gasteiger partial charge is 0.222 e. The summed E-state index contributed by atoms with van der Waals surface area (Å²) in [7, 11) is -1.22. The summed E-state index contributed by atoms with van der Waals surface area (Å²) >= 11 is 0. The minimum Gasteiger partial charge on any atom is -0.356 e. The third kappa shape index (κ3) is 4.99. The van der Waals surface area contributed by atoms with E-state index < -0.39 is 9.84 Å². The summed E-state index contributed by atoms with van der Waals surface area (Å²) in [5.41, 5.74) is 0.227. The predicted octanol–water partition coefficient (Wildman–Crippen LogP) is 0.994. The van der Waals surface area contributed by atoms with E-state index in [0.717, 1.165) is 12.5 Å². The van der Waals surface area contributed by atoms with Gasteiger partial charge in [0, 0.05) is 43.6 Å². The fourth-order valence-electron chi connectivity index (χ4n) is 3.19. The largest absolute Gasteiger partial charge is 0.356 e. The summed E-state index contributed by atoms with van der Waals surface area (Å²) in [6.45, 7) is 10.3. The first kappa shape index (κ1) is 22.5. The molecule has 0 aromatic rings. The number of amides is 1. The number of hydrogen-bond acceptors (Lipinski definition) is 4. The molecule has 2 rings (SSSR count). The van der Waals surface area contributed by atoms with Crippen molar-refractivity contribution in [1.29, 1.82) is 0 Å². The van der Waals surface area contributed by atoms with Gasteiger partial charge in [0.1, 0.15) is 0 Å². The number of guanidine groups is 1. The van der Waals surface area contributed by atoms with E-state index >= 15 is 0 Å². The van der Waals surface area contributed by atoms with E-state index in [2.05, 4.69) is 48.2 Å². The quantitative estimate of drug-likeness (QED) is 0.352. The van der Waals surface area contributed by atoms with Crippen LogP contribution in [0.1, 0.15) is 40.5 Å². The van der Waals surface area contributed by atoms with Gasteiger partial charge in [-0.15, -0.1) is 24.0 Å². The summed E-state index contributed by atoms with van der Waals surface area (Å²) in [6, 6.07) is -0.239. The third-order valence-corrected chi connectivity index (χ3v) is 7.35. The van der Waals surface area contributed by atoms with E-state index in [1.54, 1.807) is 7.05 Å². The number of nitrogens with one attached hydrogen (secondary N) is 2. The third-order valence-electron chi connectivity index (χ3n) is 5.58. The van der Waals surface area contributed by atoms with Crippen LogP contribution >= 0.6 is 24.0 Å². The Balaban J connectivity index is 0.00000312. The normalized spacial score (nSPS) is 26.4. The second-order valence-electron chi connectivity index (χ2n) is 7.92. The summed E-state index contributed by atoms with van der Waals surface area (Å²) in [4.78, 5) is 18.5. The number of carbonyl (C=O) groups is 1. The van der Waals surface area contributed by atoms with Crippen molar-refractivity contribution in [1.82, 2.24) is 15.5 Å². The van der Waals surface area contributed by atoms with Crippen LogP contribution < -0.4 is 10.6 Å². The molecule has 2 N–H and O–H groups in total. The maximum Gasteiger partial charge on any atom is 0.222 e. The summed E-state index contributed by atoms with van der Waals surface area (Å²) in [6.07, 6.45) is 0.813. The molecule has 146 valence electrons. The fraction of sp³-hybridized carbons (Fsp3) is 0.875. The van der Waals surface area contributed by atoms with Gasteiger partial charge in [0.2, 0.25) is 5.91 Å². The summed E-state index contributed by atoms with van der Waals surface area (Å²) in [5.74, 6) is 0.909. The molecular weight excluding hydrogens is 455 g/mol. The number of rotatable bonds is 4. The van der Waals surface area contributed by atoms with Crippen LogP contribution in [0.5, 0.6) is 0 Å². The van der Waals surface area contributed by atoms with Crippen molar-refractivity contribution >= 4 is 45.7 Å². The van der Waals surface area contributed by atoms with E-state index in [1.807, 2.05) is 0 Å². The number of nitrogens with zero attached hydrogens (tertiary/aromatic N) is 2. The maximum atomic E-state index is 12.0. The molecule has 7 nitrogen and oxygen atoms in total. The van der Waals surface area contributed by atoms with Crippen LogP contribution in [0.3, 0.4) is 0 Å². The number of aliphatic imine (C=N–C) groups is 1. The SMILES string of the molecule is CN=C(NCCC(=O)NC1CCS(=O)(=O)C1)N1CC(C)(C)C1(C)C.I. The van der Waals surface area contributed by atoms with E-state index in [0.29, 0.717) is 19.4 Å². The van der Waals surface area contributed by atoms with Gasteiger partial charge >= 0.3 is 0 Å². The Kier molecular flexibility index (Phi) is 7.17. The highest BCUT2D eigenvalue weighted by molar-refractivity contribution is 14.0. The van der Waals surface area contributed by atoms with Crippen molar-refractivity contribution in [3.05, 3.63) is 0 Å². The highest BCUT2D eigenvalue weighted by Crippen LogP contribution is 2.46. The lowest BCUT2D eigenvalue weighted by molar-refractivity contribution is -0.121. The van der Waals surface area contributed by atoms with Crippen molar-refractivity contribution in [3.63, 3.8) is 0 Å². The summed E-state index contributed by atoms with van der Waals surface area (Å²) in [5, 5.41) is 6.03. The molecule has 2 aliphatic rings. The molecule has 25 heavy (non-hydrogen) atoms. The molecule has 0 spiro atoms. The van der Waals surface area contributed by atoms with Crippen LogP contribution in [0.25, 0.3) is 0 Å². The molecule has 0 radical (unpaired) electrons. The molecule has 2 aliphatic heterocycles. The van der Waals surface area contributed by atoms with Crippen LogP contribution in [0, 0.1) is 5.41 Å². The van der Waals surface area contributed by atoms with Crippen molar-refractivity contribution in [2.24, 2.45) is 10.4 Å². The lowest BCUT2D eigenvalue weighted by Gasteiger charge is -2.62. The van der Waals surface area contributed by atoms with Gasteiger partial charge in [-0.25, -0.2) is 8.42 Å². The van der Waals surface area contributed by atoms with Gasteiger partial charge in [0.05, 0.1) is 11.5 Å². The van der Waals surface area contributed by atoms with E-state index in [4.69, 9.17) is 0 Å². The first-order chi connectivity index (χ1) is 11.0. The van der Waals surface area contributed by atoms with Crippen LogP contribution in [-0.2, 0) is 14.6 Å². The molecule has 9 heteroatoms. The van der Waals surface area contributed by atoms with Crippen molar-refractivity contribution in [2.75, 3.05) is 31.6 Å². The fourth-order valence-corrected chi connectivity index (χ4v) is 4.87. The van der Waals surface area contributed by atoms with Gasteiger partial charge in [-0.2, -0.15) is 0 Å². The molecule has 2 heterocycles. The molecule has 1 amide bonds. The van der Waals surface area contributed by atoms with Crippen LogP contribution in [0.4, 0.5) is 0 Å². The van der Waals surface area contributed by atoms with E-state index in [-0.39, 0.29) is 58.4 Å². The molecule has 2 fully saturated rings. The van der Waals surface area contributed by atoms with Gasteiger partial charge in [0.15, 0.2) is 15.8 Å². The lowest BCUT2D eigenvalue weighted by Crippen LogP contribution is -2.72. The van der Waals surface area contributed by atoms with Gasteiger partial charge in [-0.3, -0.25) is 9.79 Å². The van der Waals surface area contributed by atoms with Crippen LogP contribution in [0.2, 0.25) is 0 Å². The Labute approximate surface area is 168 Å². The highest BCUT2D eigenvalue weighted by Gasteiger charge is 2.53. The second kappa shape index (κ2) is 7.98. The van der Waals surface area contributed by atoms with Gasteiger partial charge in [-0.1, -0.05) is 13.8 Å². The highest BCUT2D eigenvalue weighted by atomic mass is 127. The lowest BCUT2D eigenvalue weighted by atomic mass is 9.65. The van der Waals surface area contributed by atoms with Crippen molar-refractivity contribution in [2.45, 2.75) is 52.1 Å². The van der Waals surface area contributed by atoms with E-state index in [9.17, 15) is 13.2 Å². The molecule has 0 aromatic heterocycles. The number of hydrogen-bond donors (Lipinski definition) is 2. The monoisotopic (exact) mass is 486 g/mol. The minimum absolute atomic E-state index is 0. The second-order valence-corrected chi connectivity index (χ2v) is 10.1. The molecule has 0 aromatic carbocycles. The Morgan fingerprint density at radius 1 is 1.28 bits per heavy atom. The van der Waals surface area contributed by atoms with Gasteiger partial charge < -0.3 is 15.5 Å². The zero-order valence-corrected chi connectivity index (χ0v) is 18.9. The Bertz CT molecular complexity index is 631. The first-order valence-electron chi connectivity index (χ1n) is 8.46. The maximum absolute atomic E-state index is 12.0. The topological polar surface area (TPSA) is 90.9 Å². The Morgan fingerprint density at radius 2 is 1.92 bits per heavy atom. The standard InChI is InChI=1S/C16H30N4O3S.HI/c1-15(2)11-20(16(15,3)4)14(17-5)18-8-6-13(21)19-12-7-9-24(22,23)10-12;/h12H,6-11H2,1-5H3,(H,17,18)(H,19,21);1H. The molecule has 2 saturated heterocycles. The molecule has 1 unspecified atom stereocenters. The number of sulfone groups is 1. The van der Waals surface area contributed by atoms with Gasteiger partial charge in [-0.05, 0) is 20.3 Å². The molecule has 0 bridgehead atoms. The molecular formula is C16H31IN4O3S. The van der Waals surface area contributed by atoms with Crippen LogP contribution in [-0.4, -0.2) is 68.4 Å². The summed E-state index contributed by atoms with van der Waals surface area (Å²) < 4.78 is 22.8. The number of carbonyl (C=O) groups excluding carboxylic acids is 1. The van der Waals surface area contributed by atoms with E-state index in [1.165, 1.54) is 0 Å². The number of likely N-dealkylation sites (tertiary alicyclic amines) is 1. The molecule has 0 aliphatic carbocycles. The zero-order valence-electron chi connectivity index (χ0n) is 15.8. The number of halogens is 1. The van der Waals surface area contributed by atoms with Gasteiger partial charge in [0.25, 0.3) is 0 Å². The van der Waals surface area contributed by atoms with Crippen LogP contribution in [0.15, 0.2) is 4.99 Å². The molecule has 0 saturated carbocycles. The Hall–Kier alpha value is -0.580. The first-order valence-corrected chi connectivity index (χ1v) is 10.3. The average Bonchev–Trinajstić information content (AvgIpc) is 2.80. The predicted molar refractivity (Wildman–Crippen MR) is 111 cm³/mol. The molecule has 1 atom stereocenters. The minimum atomic E-state index is -2.97. The van der Waals surface area contributed by atoms with Crippen molar-refractivity contribution in [3.8, 4) is 0 Å². The van der Waals surface area contributed by atoms with Crippen molar-refractivity contribution < 1.29 is 13.2 Å².